The second-order valence-corrected chi connectivity index (χ2v) is 7.34. The minimum atomic E-state index is -0.139. The van der Waals surface area contributed by atoms with E-state index in [2.05, 4.69) is 41.7 Å². The fourth-order valence-electron chi connectivity index (χ4n) is 2.82. The van der Waals surface area contributed by atoms with Gasteiger partial charge in [-0.3, -0.25) is 14.5 Å². The number of ketones is 1. The maximum Gasteiger partial charge on any atom is 0.166 e. The van der Waals surface area contributed by atoms with Crippen molar-refractivity contribution in [3.8, 4) is 11.3 Å². The molecule has 3 rings (SSSR count). The highest BCUT2D eigenvalue weighted by atomic mass is 79.9. The van der Waals surface area contributed by atoms with Crippen LogP contribution in [-0.4, -0.2) is 20.5 Å². The fourth-order valence-corrected chi connectivity index (χ4v) is 3.18. The number of nitrogens with zero attached hydrogens (tertiary/aromatic N) is 3. The highest BCUT2D eigenvalue weighted by Crippen LogP contribution is 2.34. The lowest BCUT2D eigenvalue weighted by atomic mass is 9.92. The molecule has 2 aromatic rings. The summed E-state index contributed by atoms with van der Waals surface area (Å²) in [4.78, 5) is 16.6. The van der Waals surface area contributed by atoms with Gasteiger partial charge in [0.2, 0.25) is 0 Å². The molecule has 0 atom stereocenters. The first-order valence-electron chi connectivity index (χ1n) is 7.14. The van der Waals surface area contributed by atoms with Crippen molar-refractivity contribution in [3.63, 3.8) is 0 Å². The number of pyridine rings is 1. The Kier molecular flexibility index (Phi) is 3.48. The summed E-state index contributed by atoms with van der Waals surface area (Å²) in [5.41, 5.74) is 3.36. The number of carbonyl (C=O) groups is 1. The van der Waals surface area contributed by atoms with Crippen molar-refractivity contribution in [2.45, 2.75) is 45.6 Å². The molecule has 0 amide bonds. The fraction of sp³-hybridized carbons (Fsp3) is 0.438. The number of fused-ring (bicyclic) bond motifs is 1. The summed E-state index contributed by atoms with van der Waals surface area (Å²) in [6.45, 7) is 6.34. The SMILES string of the molecule is CC(C)(C)n1nc(-c2cncc(Br)c2)c2c1CCCC2=O. The second-order valence-electron chi connectivity index (χ2n) is 6.42. The number of halogens is 1. The average Bonchev–Trinajstić information content (AvgIpc) is 2.79. The van der Waals surface area contributed by atoms with Crippen LogP contribution in [0.4, 0.5) is 0 Å². The third-order valence-electron chi connectivity index (χ3n) is 3.69. The number of hydrogen-bond acceptors (Lipinski definition) is 3. The molecule has 0 saturated heterocycles. The topological polar surface area (TPSA) is 47.8 Å². The van der Waals surface area contributed by atoms with E-state index in [1.807, 2.05) is 10.7 Å². The van der Waals surface area contributed by atoms with Crippen LogP contribution in [0.1, 0.15) is 49.7 Å². The van der Waals surface area contributed by atoms with Crippen LogP contribution in [0.5, 0.6) is 0 Å². The van der Waals surface area contributed by atoms with Crippen LogP contribution in [0.15, 0.2) is 22.9 Å². The van der Waals surface area contributed by atoms with E-state index < -0.39 is 0 Å². The Labute approximate surface area is 132 Å². The Hall–Kier alpha value is -1.49. The van der Waals surface area contributed by atoms with Crippen molar-refractivity contribution < 1.29 is 4.79 Å². The molecule has 0 saturated carbocycles. The number of carbonyl (C=O) groups excluding carboxylic acids is 1. The molecule has 0 spiro atoms. The van der Waals surface area contributed by atoms with Gasteiger partial charge in [0.25, 0.3) is 0 Å². The van der Waals surface area contributed by atoms with Crippen LogP contribution in [0.25, 0.3) is 11.3 Å². The molecule has 0 radical (unpaired) electrons. The summed E-state index contributed by atoms with van der Waals surface area (Å²) in [5, 5.41) is 4.76. The zero-order valence-corrected chi connectivity index (χ0v) is 14.1. The first-order valence-corrected chi connectivity index (χ1v) is 7.94. The van der Waals surface area contributed by atoms with Crippen molar-refractivity contribution in [3.05, 3.63) is 34.2 Å². The molecule has 4 nitrogen and oxygen atoms in total. The van der Waals surface area contributed by atoms with Crippen LogP contribution in [0, 0.1) is 0 Å². The molecule has 0 aromatic carbocycles. The van der Waals surface area contributed by atoms with Gasteiger partial charge < -0.3 is 0 Å². The smallest absolute Gasteiger partial charge is 0.166 e. The van der Waals surface area contributed by atoms with Crippen LogP contribution >= 0.6 is 15.9 Å². The number of hydrogen-bond donors (Lipinski definition) is 0. The molecule has 2 aromatic heterocycles. The lowest BCUT2D eigenvalue weighted by molar-refractivity contribution is 0.0971. The molecule has 0 fully saturated rings. The summed E-state index contributed by atoms with van der Waals surface area (Å²) in [7, 11) is 0. The van der Waals surface area contributed by atoms with Crippen LogP contribution in [0.3, 0.4) is 0 Å². The van der Waals surface area contributed by atoms with Crippen LogP contribution in [-0.2, 0) is 12.0 Å². The zero-order chi connectivity index (χ0) is 15.2. The molecule has 110 valence electrons. The summed E-state index contributed by atoms with van der Waals surface area (Å²) < 4.78 is 2.90. The summed E-state index contributed by atoms with van der Waals surface area (Å²) in [6.07, 6.45) is 5.93. The van der Waals surface area contributed by atoms with Gasteiger partial charge >= 0.3 is 0 Å². The predicted molar refractivity (Wildman–Crippen MR) is 85.4 cm³/mol. The number of Topliss-reactive ketones (excluding diaryl/α,β-unsaturated/α-hetero) is 1. The normalized spacial score (nSPS) is 15.1. The van der Waals surface area contributed by atoms with Gasteiger partial charge in [-0.25, -0.2) is 0 Å². The number of rotatable bonds is 1. The summed E-state index contributed by atoms with van der Waals surface area (Å²) in [5.74, 6) is 0.196. The third kappa shape index (κ3) is 2.55. The molecule has 2 heterocycles. The lowest BCUT2D eigenvalue weighted by Crippen LogP contribution is -2.27. The van der Waals surface area contributed by atoms with E-state index in [9.17, 15) is 4.79 Å². The Bertz CT molecular complexity index is 713. The van der Waals surface area contributed by atoms with Gasteiger partial charge in [0.05, 0.1) is 16.8 Å². The standard InChI is InChI=1S/C16H18BrN3O/c1-16(2,3)20-12-5-4-6-13(21)14(12)15(19-20)10-7-11(17)9-18-8-10/h7-9H,4-6H2,1-3H3. The monoisotopic (exact) mass is 347 g/mol. The van der Waals surface area contributed by atoms with Gasteiger partial charge in [-0.15, -0.1) is 0 Å². The Morgan fingerprint density at radius 2 is 2.00 bits per heavy atom. The van der Waals surface area contributed by atoms with E-state index >= 15 is 0 Å². The van der Waals surface area contributed by atoms with Crippen molar-refractivity contribution in [2.75, 3.05) is 0 Å². The third-order valence-corrected chi connectivity index (χ3v) is 4.12. The van der Waals surface area contributed by atoms with Gasteiger partial charge in [0.15, 0.2) is 5.78 Å². The van der Waals surface area contributed by atoms with E-state index in [0.717, 1.165) is 39.8 Å². The van der Waals surface area contributed by atoms with Crippen molar-refractivity contribution in [1.82, 2.24) is 14.8 Å². The molecule has 0 N–H and O–H groups in total. The highest BCUT2D eigenvalue weighted by Gasteiger charge is 2.31. The van der Waals surface area contributed by atoms with Crippen LogP contribution < -0.4 is 0 Å². The summed E-state index contributed by atoms with van der Waals surface area (Å²) in [6, 6.07) is 1.96. The first kappa shape index (κ1) is 14.4. The van der Waals surface area contributed by atoms with Gasteiger partial charge in [0, 0.05) is 28.9 Å². The van der Waals surface area contributed by atoms with E-state index in [1.54, 1.807) is 12.4 Å². The zero-order valence-electron chi connectivity index (χ0n) is 12.5. The van der Waals surface area contributed by atoms with E-state index in [0.29, 0.717) is 6.42 Å². The molecule has 0 bridgehead atoms. The lowest BCUT2D eigenvalue weighted by Gasteiger charge is -2.24. The van der Waals surface area contributed by atoms with Gasteiger partial charge in [0.1, 0.15) is 5.69 Å². The Balaban J connectivity index is 2.26. The molecule has 0 unspecified atom stereocenters. The molecule has 1 aliphatic carbocycles. The molecular formula is C16H18BrN3O. The quantitative estimate of drug-likeness (QED) is 0.783. The Morgan fingerprint density at radius 1 is 1.24 bits per heavy atom. The van der Waals surface area contributed by atoms with E-state index in [1.165, 1.54) is 0 Å². The highest BCUT2D eigenvalue weighted by molar-refractivity contribution is 9.10. The van der Waals surface area contributed by atoms with Crippen molar-refractivity contribution in [2.24, 2.45) is 0 Å². The average molecular weight is 348 g/mol. The second kappa shape index (κ2) is 5.05. The van der Waals surface area contributed by atoms with E-state index in [4.69, 9.17) is 5.10 Å². The summed E-state index contributed by atoms with van der Waals surface area (Å²) >= 11 is 3.43. The van der Waals surface area contributed by atoms with Crippen molar-refractivity contribution in [1.29, 1.82) is 0 Å². The maximum atomic E-state index is 12.4. The number of aromatic nitrogens is 3. The first-order chi connectivity index (χ1) is 9.88. The molecule has 5 heteroatoms. The Morgan fingerprint density at radius 3 is 2.67 bits per heavy atom. The van der Waals surface area contributed by atoms with Crippen molar-refractivity contribution >= 4 is 21.7 Å². The predicted octanol–water partition coefficient (Wildman–Crippen LogP) is 3.98. The van der Waals surface area contributed by atoms with E-state index in [-0.39, 0.29) is 11.3 Å². The van der Waals surface area contributed by atoms with Gasteiger partial charge in [-0.2, -0.15) is 5.10 Å². The largest absolute Gasteiger partial charge is 0.294 e. The molecule has 21 heavy (non-hydrogen) atoms. The minimum absolute atomic E-state index is 0.139. The van der Waals surface area contributed by atoms with Gasteiger partial charge in [-0.1, -0.05) is 0 Å². The minimum Gasteiger partial charge on any atom is -0.294 e. The van der Waals surface area contributed by atoms with Crippen LogP contribution in [0.2, 0.25) is 0 Å². The molecule has 0 aliphatic heterocycles. The maximum absolute atomic E-state index is 12.4. The molecule has 1 aliphatic rings. The van der Waals surface area contributed by atoms with Gasteiger partial charge in [-0.05, 0) is 55.6 Å². The molecular weight excluding hydrogens is 330 g/mol.